The number of benzene rings is 1. The van der Waals surface area contributed by atoms with Crippen molar-refractivity contribution >= 4 is 32.7 Å². The van der Waals surface area contributed by atoms with Crippen molar-refractivity contribution in [3.8, 4) is 0 Å². The first kappa shape index (κ1) is 12.8. The molecule has 0 aliphatic carbocycles. The Hall–Kier alpha value is -1.60. The summed E-state index contributed by atoms with van der Waals surface area (Å²) in [4.78, 5) is -0.439. The topological polar surface area (TPSA) is 72.2 Å². The van der Waals surface area contributed by atoms with Crippen LogP contribution in [0.2, 0.25) is 0 Å². The van der Waals surface area contributed by atoms with Crippen LogP contribution in [0.1, 0.15) is 5.56 Å². The van der Waals surface area contributed by atoms with Crippen LogP contribution >= 0.6 is 11.3 Å². The zero-order chi connectivity index (χ0) is 13.3. The minimum absolute atomic E-state index is 0.195. The summed E-state index contributed by atoms with van der Waals surface area (Å²) in [6.07, 6.45) is 0. The second-order valence-corrected chi connectivity index (χ2v) is 6.20. The van der Waals surface area contributed by atoms with Gasteiger partial charge in [0.05, 0.1) is 5.69 Å². The summed E-state index contributed by atoms with van der Waals surface area (Å²) in [6.45, 7) is 1.47. The lowest BCUT2D eigenvalue weighted by Crippen LogP contribution is -2.15. The largest absolute Gasteiger partial charge is 0.399 e. The summed E-state index contributed by atoms with van der Waals surface area (Å²) in [5.74, 6) is -0.785. The second-order valence-electron chi connectivity index (χ2n) is 3.77. The van der Waals surface area contributed by atoms with Gasteiger partial charge in [-0.1, -0.05) is 0 Å². The minimum Gasteiger partial charge on any atom is -0.399 e. The Kier molecular flexibility index (Phi) is 3.27. The van der Waals surface area contributed by atoms with Crippen LogP contribution in [0.25, 0.3) is 0 Å². The van der Waals surface area contributed by atoms with E-state index in [1.54, 1.807) is 16.8 Å². The molecule has 0 bridgehead atoms. The Morgan fingerprint density at radius 3 is 2.72 bits per heavy atom. The van der Waals surface area contributed by atoms with Crippen LogP contribution in [0, 0.1) is 12.7 Å². The summed E-state index contributed by atoms with van der Waals surface area (Å²) in [7, 11) is -3.96. The molecule has 3 N–H and O–H groups in total. The van der Waals surface area contributed by atoms with E-state index in [1.165, 1.54) is 24.3 Å². The highest BCUT2D eigenvalue weighted by Gasteiger charge is 2.21. The molecular weight excluding hydrogens is 275 g/mol. The number of sulfonamides is 1. The molecule has 4 nitrogen and oxygen atoms in total. The van der Waals surface area contributed by atoms with Crippen molar-refractivity contribution in [2.45, 2.75) is 11.8 Å². The van der Waals surface area contributed by atoms with Crippen LogP contribution in [-0.2, 0) is 10.0 Å². The van der Waals surface area contributed by atoms with Crippen molar-refractivity contribution in [3.63, 3.8) is 0 Å². The minimum atomic E-state index is -3.96. The van der Waals surface area contributed by atoms with Crippen molar-refractivity contribution in [1.82, 2.24) is 0 Å². The fourth-order valence-corrected chi connectivity index (χ4v) is 3.39. The summed E-state index contributed by atoms with van der Waals surface area (Å²) in [6, 6.07) is 4.09. The fourth-order valence-electron chi connectivity index (χ4n) is 1.49. The van der Waals surface area contributed by atoms with E-state index in [0.717, 1.165) is 6.07 Å². The maximum atomic E-state index is 13.8. The molecule has 0 saturated heterocycles. The van der Waals surface area contributed by atoms with Crippen molar-refractivity contribution in [1.29, 1.82) is 0 Å². The molecular formula is C11H11FN2O2S2. The van der Waals surface area contributed by atoms with E-state index in [-0.39, 0.29) is 11.3 Å². The average Bonchev–Trinajstić information content (AvgIpc) is 2.75. The molecule has 1 heterocycles. The highest BCUT2D eigenvalue weighted by atomic mass is 32.2. The van der Waals surface area contributed by atoms with E-state index in [4.69, 9.17) is 5.73 Å². The molecule has 2 aromatic rings. The number of rotatable bonds is 3. The third kappa shape index (κ3) is 2.46. The number of nitrogens with two attached hydrogens (primary N) is 1. The number of hydrogen-bond donors (Lipinski definition) is 2. The van der Waals surface area contributed by atoms with Crippen LogP contribution in [0.4, 0.5) is 15.8 Å². The monoisotopic (exact) mass is 286 g/mol. The maximum Gasteiger partial charge on any atom is 0.264 e. The molecule has 0 aliphatic rings. The van der Waals surface area contributed by atoms with Gasteiger partial charge in [0.1, 0.15) is 10.7 Å². The summed E-state index contributed by atoms with van der Waals surface area (Å²) >= 11 is 1.34. The van der Waals surface area contributed by atoms with Gasteiger partial charge in [-0.3, -0.25) is 4.72 Å². The summed E-state index contributed by atoms with van der Waals surface area (Å²) < 4.78 is 40.2. The number of hydrogen-bond acceptors (Lipinski definition) is 4. The molecule has 0 fully saturated rings. The van der Waals surface area contributed by atoms with Crippen LogP contribution < -0.4 is 10.5 Å². The lowest BCUT2D eigenvalue weighted by Gasteiger charge is -2.09. The van der Waals surface area contributed by atoms with Gasteiger partial charge in [-0.15, -0.1) is 0 Å². The number of halogens is 1. The van der Waals surface area contributed by atoms with Crippen molar-refractivity contribution in [2.24, 2.45) is 0 Å². The standard InChI is InChI=1S/C11H11FN2O2S2/c1-7-4-8(13)5-10(11(7)12)18(15,16)14-9-2-3-17-6-9/h2-6,14H,13H2,1H3. The van der Waals surface area contributed by atoms with Crippen molar-refractivity contribution in [2.75, 3.05) is 10.5 Å². The van der Waals surface area contributed by atoms with Gasteiger partial charge in [-0.25, -0.2) is 12.8 Å². The molecule has 0 amide bonds. The molecule has 0 atom stereocenters. The smallest absolute Gasteiger partial charge is 0.264 e. The van der Waals surface area contributed by atoms with Crippen molar-refractivity contribution in [3.05, 3.63) is 40.3 Å². The quantitative estimate of drug-likeness (QED) is 0.852. The summed E-state index contributed by atoms with van der Waals surface area (Å²) in [5, 5.41) is 3.34. The zero-order valence-electron chi connectivity index (χ0n) is 9.48. The van der Waals surface area contributed by atoms with E-state index in [2.05, 4.69) is 4.72 Å². The first-order chi connectivity index (χ1) is 8.40. The number of aryl methyl sites for hydroxylation is 1. The molecule has 96 valence electrons. The molecule has 0 aliphatic heterocycles. The van der Waals surface area contributed by atoms with E-state index in [9.17, 15) is 12.8 Å². The molecule has 0 radical (unpaired) electrons. The van der Waals surface area contributed by atoms with Gasteiger partial charge < -0.3 is 5.73 Å². The van der Waals surface area contributed by atoms with Gasteiger partial charge in [-0.05, 0) is 36.1 Å². The Morgan fingerprint density at radius 1 is 1.39 bits per heavy atom. The molecule has 7 heteroatoms. The Bertz CT molecular complexity index is 667. The number of nitrogen functional groups attached to an aromatic ring is 1. The molecule has 1 aromatic carbocycles. The lowest BCUT2D eigenvalue weighted by molar-refractivity contribution is 0.565. The highest BCUT2D eigenvalue weighted by molar-refractivity contribution is 7.92. The first-order valence-electron chi connectivity index (χ1n) is 5.01. The van der Waals surface area contributed by atoms with E-state index < -0.39 is 20.7 Å². The van der Waals surface area contributed by atoms with Crippen molar-refractivity contribution < 1.29 is 12.8 Å². The highest BCUT2D eigenvalue weighted by Crippen LogP contribution is 2.24. The molecule has 1 aromatic heterocycles. The van der Waals surface area contributed by atoms with Gasteiger partial charge >= 0.3 is 0 Å². The number of nitrogens with one attached hydrogen (secondary N) is 1. The number of anilines is 2. The zero-order valence-corrected chi connectivity index (χ0v) is 11.1. The lowest BCUT2D eigenvalue weighted by atomic mass is 10.2. The SMILES string of the molecule is Cc1cc(N)cc(S(=O)(=O)Nc2ccsc2)c1F. The molecule has 0 unspecified atom stereocenters. The van der Waals surface area contributed by atoms with Crippen LogP contribution in [-0.4, -0.2) is 8.42 Å². The molecule has 2 rings (SSSR count). The predicted molar refractivity (Wildman–Crippen MR) is 70.7 cm³/mol. The Labute approximate surface area is 108 Å². The van der Waals surface area contributed by atoms with Crippen LogP contribution in [0.5, 0.6) is 0 Å². The van der Waals surface area contributed by atoms with Crippen LogP contribution in [0.15, 0.2) is 33.9 Å². The summed E-state index contributed by atoms with van der Waals surface area (Å²) in [5.41, 5.74) is 6.35. The predicted octanol–water partition coefficient (Wildman–Crippen LogP) is 2.58. The molecule has 18 heavy (non-hydrogen) atoms. The van der Waals surface area contributed by atoms with Gasteiger partial charge in [0.25, 0.3) is 10.0 Å². The second kappa shape index (κ2) is 4.58. The number of thiophene rings is 1. The van der Waals surface area contributed by atoms with E-state index in [0.29, 0.717) is 5.69 Å². The van der Waals surface area contributed by atoms with E-state index in [1.807, 2.05) is 0 Å². The Balaban J connectivity index is 2.48. The Morgan fingerprint density at radius 2 is 2.11 bits per heavy atom. The normalized spacial score (nSPS) is 11.4. The van der Waals surface area contributed by atoms with Gasteiger partial charge in [0.15, 0.2) is 0 Å². The van der Waals surface area contributed by atoms with Gasteiger partial charge in [0.2, 0.25) is 0 Å². The van der Waals surface area contributed by atoms with Gasteiger partial charge in [-0.2, -0.15) is 11.3 Å². The van der Waals surface area contributed by atoms with Crippen LogP contribution in [0.3, 0.4) is 0 Å². The molecule has 0 saturated carbocycles. The average molecular weight is 286 g/mol. The van der Waals surface area contributed by atoms with E-state index >= 15 is 0 Å². The third-order valence-corrected chi connectivity index (χ3v) is 4.37. The first-order valence-corrected chi connectivity index (χ1v) is 7.43. The maximum absolute atomic E-state index is 13.8. The fraction of sp³-hybridized carbons (Fsp3) is 0.0909. The van der Waals surface area contributed by atoms with Gasteiger partial charge in [0, 0.05) is 11.1 Å². The third-order valence-electron chi connectivity index (χ3n) is 2.31. The molecule has 0 spiro atoms.